The fraction of sp³-hybridized carbons (Fsp3) is 0.381. The molecule has 0 spiro atoms. The van der Waals surface area contributed by atoms with Gasteiger partial charge in [0.1, 0.15) is 0 Å². The standard InChI is InChI=1S/C21H25ClN2O4/c1-24-12-14(22)11-23-21(13-6-7-17(25-2)18(8-13)26-3)15-9-19(27-4)20(28-5)10-16(15)24/h6-10,14H,11-12H2,1-5H3. The van der Waals surface area contributed by atoms with E-state index in [1.807, 2.05) is 37.4 Å². The molecule has 0 bridgehead atoms. The van der Waals surface area contributed by atoms with Crippen molar-refractivity contribution in [3.05, 3.63) is 41.5 Å². The smallest absolute Gasteiger partial charge is 0.162 e. The molecule has 0 radical (unpaired) electrons. The van der Waals surface area contributed by atoms with E-state index in [0.717, 1.165) is 22.5 Å². The number of methoxy groups -OCH3 is 4. The Morgan fingerprint density at radius 1 is 0.893 bits per heavy atom. The summed E-state index contributed by atoms with van der Waals surface area (Å²) in [5, 5.41) is -0.110. The maximum atomic E-state index is 6.50. The molecule has 1 aliphatic rings. The van der Waals surface area contributed by atoms with Crippen molar-refractivity contribution in [2.45, 2.75) is 5.38 Å². The number of anilines is 1. The summed E-state index contributed by atoms with van der Waals surface area (Å²) in [5.41, 5.74) is 3.63. The summed E-state index contributed by atoms with van der Waals surface area (Å²) < 4.78 is 21.9. The SMILES string of the molecule is COc1ccc(C2=NCC(Cl)CN(C)c3cc(OC)c(OC)cc32)cc1OC. The van der Waals surface area contributed by atoms with Gasteiger partial charge in [0.15, 0.2) is 23.0 Å². The molecule has 1 aliphatic heterocycles. The van der Waals surface area contributed by atoms with Crippen LogP contribution < -0.4 is 23.8 Å². The van der Waals surface area contributed by atoms with Crippen LogP contribution in [-0.4, -0.2) is 59.7 Å². The number of hydrogen-bond donors (Lipinski definition) is 0. The van der Waals surface area contributed by atoms with Crippen molar-refractivity contribution >= 4 is 23.0 Å². The molecule has 0 aromatic heterocycles. The van der Waals surface area contributed by atoms with Crippen molar-refractivity contribution in [1.82, 2.24) is 0 Å². The van der Waals surface area contributed by atoms with Crippen LogP contribution in [0.25, 0.3) is 0 Å². The highest BCUT2D eigenvalue weighted by atomic mass is 35.5. The third-order valence-electron chi connectivity index (χ3n) is 4.74. The van der Waals surface area contributed by atoms with Gasteiger partial charge in [-0.05, 0) is 24.3 Å². The zero-order valence-electron chi connectivity index (χ0n) is 16.8. The zero-order chi connectivity index (χ0) is 20.3. The Morgan fingerprint density at radius 3 is 2.14 bits per heavy atom. The average molecular weight is 405 g/mol. The van der Waals surface area contributed by atoms with E-state index in [0.29, 0.717) is 36.1 Å². The lowest BCUT2D eigenvalue weighted by atomic mass is 9.97. The molecular formula is C21H25ClN2O4. The van der Waals surface area contributed by atoms with Gasteiger partial charge in [-0.25, -0.2) is 0 Å². The Hall–Kier alpha value is -2.60. The fourth-order valence-corrected chi connectivity index (χ4v) is 3.61. The Bertz CT molecular complexity index is 885. The summed E-state index contributed by atoms with van der Waals surface area (Å²) in [6.45, 7) is 1.18. The van der Waals surface area contributed by atoms with E-state index < -0.39 is 0 Å². The van der Waals surface area contributed by atoms with Gasteiger partial charge in [0, 0.05) is 36.5 Å². The average Bonchev–Trinajstić information content (AvgIpc) is 2.71. The molecule has 0 amide bonds. The number of halogens is 1. The first-order chi connectivity index (χ1) is 13.5. The first kappa shape index (κ1) is 20.1. The van der Waals surface area contributed by atoms with Crippen molar-refractivity contribution in [2.24, 2.45) is 4.99 Å². The van der Waals surface area contributed by atoms with Crippen LogP contribution in [0.4, 0.5) is 5.69 Å². The molecule has 1 unspecified atom stereocenters. The molecule has 2 aromatic carbocycles. The number of benzene rings is 2. The number of fused-ring (bicyclic) bond motifs is 1. The molecule has 3 rings (SSSR count). The maximum absolute atomic E-state index is 6.50. The second-order valence-electron chi connectivity index (χ2n) is 6.46. The van der Waals surface area contributed by atoms with E-state index >= 15 is 0 Å². The summed E-state index contributed by atoms with van der Waals surface area (Å²) in [6.07, 6.45) is 0. The van der Waals surface area contributed by atoms with Gasteiger partial charge >= 0.3 is 0 Å². The zero-order valence-corrected chi connectivity index (χ0v) is 17.5. The van der Waals surface area contributed by atoms with Crippen molar-refractivity contribution < 1.29 is 18.9 Å². The summed E-state index contributed by atoms with van der Waals surface area (Å²) in [5.74, 6) is 2.61. The number of hydrogen-bond acceptors (Lipinski definition) is 6. The minimum atomic E-state index is -0.110. The normalized spacial score (nSPS) is 16.4. The Balaban J connectivity index is 2.23. The number of rotatable bonds is 5. The number of nitrogens with zero attached hydrogens (tertiary/aromatic N) is 2. The van der Waals surface area contributed by atoms with E-state index in [1.165, 1.54) is 0 Å². The van der Waals surface area contributed by atoms with Gasteiger partial charge in [0.05, 0.1) is 46.1 Å². The van der Waals surface area contributed by atoms with Gasteiger partial charge in [0.25, 0.3) is 0 Å². The first-order valence-corrected chi connectivity index (χ1v) is 9.34. The molecule has 0 saturated carbocycles. The fourth-order valence-electron chi connectivity index (χ4n) is 3.33. The van der Waals surface area contributed by atoms with Gasteiger partial charge in [-0.3, -0.25) is 4.99 Å². The van der Waals surface area contributed by atoms with Gasteiger partial charge < -0.3 is 23.8 Å². The van der Waals surface area contributed by atoms with Crippen LogP contribution in [0.2, 0.25) is 0 Å². The lowest BCUT2D eigenvalue weighted by Gasteiger charge is -2.28. The van der Waals surface area contributed by atoms with Crippen LogP contribution in [0.5, 0.6) is 23.0 Å². The number of alkyl halides is 1. The van der Waals surface area contributed by atoms with Crippen molar-refractivity contribution in [2.75, 3.05) is 53.5 Å². The van der Waals surface area contributed by atoms with Crippen molar-refractivity contribution in [1.29, 1.82) is 0 Å². The topological polar surface area (TPSA) is 52.5 Å². The summed E-state index contributed by atoms with van der Waals surface area (Å²) in [7, 11) is 8.49. The third-order valence-corrected chi connectivity index (χ3v) is 5.02. The molecule has 1 heterocycles. The molecule has 28 heavy (non-hydrogen) atoms. The van der Waals surface area contributed by atoms with E-state index in [2.05, 4.69) is 4.90 Å². The van der Waals surface area contributed by atoms with Gasteiger partial charge in [-0.15, -0.1) is 11.6 Å². The Kier molecular flexibility index (Phi) is 6.19. The molecule has 150 valence electrons. The number of ether oxygens (including phenoxy) is 4. The largest absolute Gasteiger partial charge is 0.493 e. The van der Waals surface area contributed by atoms with Crippen LogP contribution in [0.15, 0.2) is 35.3 Å². The molecule has 2 aromatic rings. The summed E-state index contributed by atoms with van der Waals surface area (Å²) >= 11 is 6.50. The van der Waals surface area contributed by atoms with E-state index in [-0.39, 0.29) is 5.38 Å². The van der Waals surface area contributed by atoms with Crippen LogP contribution in [-0.2, 0) is 0 Å². The summed E-state index contributed by atoms with van der Waals surface area (Å²) in [4.78, 5) is 6.95. The monoisotopic (exact) mass is 404 g/mol. The lowest BCUT2D eigenvalue weighted by Crippen LogP contribution is -2.31. The molecular weight excluding hydrogens is 380 g/mol. The van der Waals surface area contributed by atoms with Crippen LogP contribution in [0.3, 0.4) is 0 Å². The lowest BCUT2D eigenvalue weighted by molar-refractivity contribution is 0.354. The molecule has 0 saturated heterocycles. The van der Waals surface area contributed by atoms with Crippen LogP contribution in [0, 0.1) is 0 Å². The molecule has 0 aliphatic carbocycles. The van der Waals surface area contributed by atoms with Gasteiger partial charge in [-0.2, -0.15) is 0 Å². The molecule has 6 nitrogen and oxygen atoms in total. The third kappa shape index (κ3) is 3.83. The first-order valence-electron chi connectivity index (χ1n) is 8.90. The highest BCUT2D eigenvalue weighted by molar-refractivity contribution is 6.22. The van der Waals surface area contributed by atoms with Gasteiger partial charge in [-0.1, -0.05) is 0 Å². The van der Waals surface area contributed by atoms with Crippen LogP contribution >= 0.6 is 11.6 Å². The molecule has 7 heteroatoms. The quantitative estimate of drug-likeness (QED) is 0.712. The predicted octanol–water partition coefficient (Wildman–Crippen LogP) is 3.62. The highest BCUT2D eigenvalue weighted by Crippen LogP contribution is 2.38. The van der Waals surface area contributed by atoms with Crippen LogP contribution in [0.1, 0.15) is 11.1 Å². The van der Waals surface area contributed by atoms with Crippen molar-refractivity contribution in [3.8, 4) is 23.0 Å². The van der Waals surface area contributed by atoms with E-state index in [1.54, 1.807) is 28.4 Å². The van der Waals surface area contributed by atoms with Crippen molar-refractivity contribution in [3.63, 3.8) is 0 Å². The predicted molar refractivity (Wildman–Crippen MR) is 113 cm³/mol. The Labute approximate surface area is 170 Å². The second-order valence-corrected chi connectivity index (χ2v) is 7.08. The van der Waals surface area contributed by atoms with E-state index in [9.17, 15) is 0 Å². The molecule has 0 N–H and O–H groups in total. The molecule has 1 atom stereocenters. The highest BCUT2D eigenvalue weighted by Gasteiger charge is 2.24. The number of aliphatic imine (C=N–C) groups is 1. The summed E-state index contributed by atoms with van der Waals surface area (Å²) in [6, 6.07) is 9.67. The van der Waals surface area contributed by atoms with Gasteiger partial charge in [0.2, 0.25) is 0 Å². The second kappa shape index (κ2) is 8.61. The Morgan fingerprint density at radius 2 is 1.50 bits per heavy atom. The van der Waals surface area contributed by atoms with E-state index in [4.69, 9.17) is 35.5 Å². The minimum absolute atomic E-state index is 0.110. The minimum Gasteiger partial charge on any atom is -0.493 e. The maximum Gasteiger partial charge on any atom is 0.162 e. The molecule has 0 fully saturated rings.